The van der Waals surface area contributed by atoms with Crippen LogP contribution in [0.2, 0.25) is 0 Å². The maximum absolute atomic E-state index is 12.2. The number of Topliss-reactive ketones (excluding diaryl/α,β-unsaturated/α-hetero) is 1. The second-order valence-corrected chi connectivity index (χ2v) is 11.5. The van der Waals surface area contributed by atoms with Crippen molar-refractivity contribution >= 4 is 5.78 Å². The first-order chi connectivity index (χ1) is 13.0. The van der Waals surface area contributed by atoms with Crippen LogP contribution in [-0.2, 0) is 4.79 Å². The normalized spacial score (nSPS) is 46.2. The lowest BCUT2D eigenvalue weighted by atomic mass is 9.47. The lowest BCUT2D eigenvalue weighted by Crippen LogP contribution is -2.50. The molecule has 1 heteroatoms. The quantitative estimate of drug-likeness (QED) is 0.421. The molecule has 0 heterocycles. The Labute approximate surface area is 168 Å². The first kappa shape index (κ1) is 20.0. The maximum atomic E-state index is 12.2. The van der Waals surface area contributed by atoms with Crippen molar-refractivity contribution in [2.24, 2.45) is 40.4 Å². The smallest absolute Gasteiger partial charge is 0.133 e. The number of rotatable bonds is 7. The highest BCUT2D eigenvalue weighted by Gasteiger charge is 2.61. The van der Waals surface area contributed by atoms with E-state index >= 15 is 0 Å². The number of unbranched alkanes of at least 4 members (excludes halogenated alkanes) is 5. The summed E-state index contributed by atoms with van der Waals surface area (Å²) in [6, 6.07) is 0. The zero-order valence-electron chi connectivity index (χ0n) is 18.4. The third kappa shape index (κ3) is 3.44. The molecule has 4 saturated carbocycles. The second kappa shape index (κ2) is 7.83. The van der Waals surface area contributed by atoms with E-state index < -0.39 is 0 Å². The molecule has 27 heavy (non-hydrogen) atoms. The van der Waals surface area contributed by atoms with Gasteiger partial charge in [0.1, 0.15) is 5.78 Å². The van der Waals surface area contributed by atoms with E-state index in [-0.39, 0.29) is 0 Å². The van der Waals surface area contributed by atoms with E-state index in [1.165, 1.54) is 83.5 Å². The predicted octanol–water partition coefficient (Wildman–Crippen LogP) is 7.57. The van der Waals surface area contributed by atoms with Crippen LogP contribution in [0.3, 0.4) is 0 Å². The summed E-state index contributed by atoms with van der Waals surface area (Å²) in [4.78, 5) is 12.2. The number of carbonyl (C=O) groups excluding carboxylic acids is 1. The Kier molecular flexibility index (Phi) is 5.79. The van der Waals surface area contributed by atoms with Crippen LogP contribution in [0.5, 0.6) is 0 Å². The van der Waals surface area contributed by atoms with Gasteiger partial charge in [0.2, 0.25) is 0 Å². The highest BCUT2D eigenvalue weighted by atomic mass is 16.1. The molecule has 154 valence electrons. The number of ketones is 1. The molecule has 0 aromatic carbocycles. The van der Waals surface area contributed by atoms with Gasteiger partial charge >= 0.3 is 0 Å². The minimum atomic E-state index is 0.360. The highest BCUT2D eigenvalue weighted by molar-refractivity contribution is 5.82. The molecule has 0 amide bonds. The standard InChI is InChI=1S/C26H44O/c1-4-5-6-7-8-9-10-19-12-14-23-22-13-11-20-17-21(27)18-26(20,3)24(22)15-16-25(19,23)2/h19-20,22-24H,4-18H2,1-3H3. The van der Waals surface area contributed by atoms with E-state index in [0.717, 1.165) is 42.4 Å². The van der Waals surface area contributed by atoms with Gasteiger partial charge < -0.3 is 0 Å². The molecule has 0 bridgehead atoms. The SMILES string of the molecule is CCCCCCCCC1CCC2C3CCC4CC(=O)CC4(C)C3CCC12C. The van der Waals surface area contributed by atoms with Crippen molar-refractivity contribution in [1.82, 2.24) is 0 Å². The molecule has 0 N–H and O–H groups in total. The molecule has 7 unspecified atom stereocenters. The van der Waals surface area contributed by atoms with Crippen molar-refractivity contribution in [3.63, 3.8) is 0 Å². The van der Waals surface area contributed by atoms with Gasteiger partial charge in [0.25, 0.3) is 0 Å². The minimum Gasteiger partial charge on any atom is -0.300 e. The Bertz CT molecular complexity index is 538. The van der Waals surface area contributed by atoms with Gasteiger partial charge in [-0.2, -0.15) is 0 Å². The van der Waals surface area contributed by atoms with Crippen molar-refractivity contribution in [3.8, 4) is 0 Å². The zero-order chi connectivity index (χ0) is 19.1. The van der Waals surface area contributed by atoms with Gasteiger partial charge in [0.15, 0.2) is 0 Å². The van der Waals surface area contributed by atoms with Gasteiger partial charge in [-0.25, -0.2) is 0 Å². The molecule has 0 aliphatic heterocycles. The molecule has 0 spiro atoms. The molecule has 4 rings (SSSR count). The predicted molar refractivity (Wildman–Crippen MR) is 114 cm³/mol. The van der Waals surface area contributed by atoms with Gasteiger partial charge in [0.05, 0.1) is 0 Å². The van der Waals surface area contributed by atoms with Crippen LogP contribution in [0.15, 0.2) is 0 Å². The van der Waals surface area contributed by atoms with Crippen molar-refractivity contribution in [1.29, 1.82) is 0 Å². The summed E-state index contributed by atoms with van der Waals surface area (Å²) < 4.78 is 0. The van der Waals surface area contributed by atoms with E-state index in [0.29, 0.717) is 16.6 Å². The van der Waals surface area contributed by atoms with E-state index in [9.17, 15) is 4.79 Å². The summed E-state index contributed by atoms with van der Waals surface area (Å²) in [5.41, 5.74) is 0.981. The lowest BCUT2D eigenvalue weighted by Gasteiger charge is -2.57. The van der Waals surface area contributed by atoms with Crippen LogP contribution in [-0.4, -0.2) is 5.78 Å². The maximum Gasteiger partial charge on any atom is 0.133 e. The Balaban J connectivity index is 1.37. The Hall–Kier alpha value is -0.330. The molecule has 4 aliphatic carbocycles. The average Bonchev–Trinajstić information content (AvgIpc) is 3.13. The fourth-order valence-electron chi connectivity index (χ4n) is 8.67. The third-order valence-corrected chi connectivity index (χ3v) is 10.2. The van der Waals surface area contributed by atoms with Crippen molar-refractivity contribution < 1.29 is 4.79 Å². The zero-order valence-corrected chi connectivity index (χ0v) is 18.4. The molecule has 4 aliphatic rings. The van der Waals surface area contributed by atoms with E-state index in [1.807, 2.05) is 0 Å². The summed E-state index contributed by atoms with van der Waals surface area (Å²) >= 11 is 0. The van der Waals surface area contributed by atoms with Gasteiger partial charge in [-0.3, -0.25) is 4.79 Å². The van der Waals surface area contributed by atoms with Gasteiger partial charge in [0, 0.05) is 12.8 Å². The summed E-state index contributed by atoms with van der Waals surface area (Å²) in [5, 5.41) is 0. The largest absolute Gasteiger partial charge is 0.300 e. The highest BCUT2D eigenvalue weighted by Crippen LogP contribution is 2.68. The van der Waals surface area contributed by atoms with Gasteiger partial charge in [-0.15, -0.1) is 0 Å². The molecule has 0 aromatic rings. The van der Waals surface area contributed by atoms with Crippen LogP contribution in [0.1, 0.15) is 117 Å². The summed E-state index contributed by atoms with van der Waals surface area (Å²) in [6.07, 6.45) is 20.6. The molecule has 0 saturated heterocycles. The summed E-state index contributed by atoms with van der Waals surface area (Å²) in [6.45, 7) is 7.49. The summed E-state index contributed by atoms with van der Waals surface area (Å²) in [5.74, 6) is 5.04. The molecule has 4 fully saturated rings. The Morgan fingerprint density at radius 1 is 0.852 bits per heavy atom. The molecule has 0 radical (unpaired) electrons. The second-order valence-electron chi connectivity index (χ2n) is 11.5. The first-order valence-corrected chi connectivity index (χ1v) is 12.5. The molecule has 7 atom stereocenters. The number of fused-ring (bicyclic) bond motifs is 5. The lowest BCUT2D eigenvalue weighted by molar-refractivity contribution is -0.119. The fraction of sp³-hybridized carbons (Fsp3) is 0.962. The monoisotopic (exact) mass is 372 g/mol. The van der Waals surface area contributed by atoms with E-state index in [2.05, 4.69) is 20.8 Å². The van der Waals surface area contributed by atoms with Crippen LogP contribution in [0.25, 0.3) is 0 Å². The van der Waals surface area contributed by atoms with Crippen LogP contribution in [0.4, 0.5) is 0 Å². The third-order valence-electron chi connectivity index (χ3n) is 10.2. The average molecular weight is 373 g/mol. The van der Waals surface area contributed by atoms with Crippen molar-refractivity contribution in [2.45, 2.75) is 117 Å². The number of hydrogen-bond donors (Lipinski definition) is 0. The number of hydrogen-bond acceptors (Lipinski definition) is 1. The Morgan fingerprint density at radius 3 is 2.41 bits per heavy atom. The van der Waals surface area contributed by atoms with Crippen LogP contribution in [0, 0.1) is 40.4 Å². The molecule has 0 aromatic heterocycles. The Morgan fingerprint density at radius 2 is 1.59 bits per heavy atom. The minimum absolute atomic E-state index is 0.360. The van der Waals surface area contributed by atoms with Crippen LogP contribution < -0.4 is 0 Å². The van der Waals surface area contributed by atoms with Crippen molar-refractivity contribution in [3.05, 3.63) is 0 Å². The van der Waals surface area contributed by atoms with Crippen molar-refractivity contribution in [2.75, 3.05) is 0 Å². The first-order valence-electron chi connectivity index (χ1n) is 12.5. The molecular weight excluding hydrogens is 328 g/mol. The van der Waals surface area contributed by atoms with Gasteiger partial charge in [-0.1, -0.05) is 59.3 Å². The van der Waals surface area contributed by atoms with Gasteiger partial charge in [-0.05, 0) is 85.4 Å². The van der Waals surface area contributed by atoms with E-state index in [1.54, 1.807) is 0 Å². The molecule has 1 nitrogen and oxygen atoms in total. The summed E-state index contributed by atoms with van der Waals surface area (Å²) in [7, 11) is 0. The number of carbonyl (C=O) groups is 1. The van der Waals surface area contributed by atoms with Crippen LogP contribution >= 0.6 is 0 Å². The fourth-order valence-corrected chi connectivity index (χ4v) is 8.67. The topological polar surface area (TPSA) is 17.1 Å². The van der Waals surface area contributed by atoms with E-state index in [4.69, 9.17) is 0 Å². The molecular formula is C26H44O.